The molecule has 0 aliphatic carbocycles. The zero-order chi connectivity index (χ0) is 12.6. The van der Waals surface area contributed by atoms with E-state index in [2.05, 4.69) is 0 Å². The van der Waals surface area contributed by atoms with Crippen LogP contribution < -0.4 is 0 Å². The van der Waals surface area contributed by atoms with Crippen molar-refractivity contribution < 1.29 is 14.6 Å². The van der Waals surface area contributed by atoms with E-state index in [0.717, 1.165) is 31.4 Å². The molecule has 0 aromatic heterocycles. The van der Waals surface area contributed by atoms with Crippen molar-refractivity contribution in [3.05, 3.63) is 35.9 Å². The van der Waals surface area contributed by atoms with Gasteiger partial charge in [0.15, 0.2) is 0 Å². The second-order valence-corrected chi connectivity index (χ2v) is 4.83. The van der Waals surface area contributed by atoms with Crippen molar-refractivity contribution in [2.45, 2.75) is 44.5 Å². The minimum absolute atomic E-state index is 0.0525. The highest BCUT2D eigenvalue weighted by Crippen LogP contribution is 2.16. The molecule has 100 valence electrons. The molecule has 1 heterocycles. The van der Waals surface area contributed by atoms with E-state index in [1.807, 2.05) is 30.3 Å². The molecule has 1 N–H and O–H groups in total. The Balaban J connectivity index is 1.69. The number of aliphatic hydroxyl groups excluding tert-OH is 1. The highest BCUT2D eigenvalue weighted by molar-refractivity contribution is 5.13. The number of aliphatic hydroxyl groups is 1. The van der Waals surface area contributed by atoms with Crippen LogP contribution in [0.1, 0.15) is 31.2 Å². The summed E-state index contributed by atoms with van der Waals surface area (Å²) in [5.74, 6) is 0. The summed E-state index contributed by atoms with van der Waals surface area (Å²) in [5, 5.41) is 10.0. The number of ether oxygens (including phenoxy) is 2. The Hall–Kier alpha value is -0.900. The molecule has 1 aromatic rings. The van der Waals surface area contributed by atoms with E-state index in [1.54, 1.807) is 0 Å². The van der Waals surface area contributed by atoms with Crippen LogP contribution in [0.15, 0.2) is 30.3 Å². The summed E-state index contributed by atoms with van der Waals surface area (Å²) < 4.78 is 11.2. The van der Waals surface area contributed by atoms with E-state index in [9.17, 15) is 5.11 Å². The van der Waals surface area contributed by atoms with Gasteiger partial charge in [-0.25, -0.2) is 0 Å². The van der Waals surface area contributed by atoms with Crippen LogP contribution in [0.3, 0.4) is 0 Å². The fraction of sp³-hybridized carbons (Fsp3) is 0.600. The number of rotatable bonds is 5. The first-order valence-electron chi connectivity index (χ1n) is 6.77. The third-order valence-electron chi connectivity index (χ3n) is 3.29. The van der Waals surface area contributed by atoms with E-state index in [4.69, 9.17) is 9.47 Å². The Kier molecular flexibility index (Phi) is 5.65. The monoisotopic (exact) mass is 250 g/mol. The molecule has 0 amide bonds. The molecule has 1 saturated heterocycles. The predicted molar refractivity (Wildman–Crippen MR) is 70.3 cm³/mol. The Bertz CT molecular complexity index is 318. The van der Waals surface area contributed by atoms with Crippen molar-refractivity contribution in [1.29, 1.82) is 0 Å². The maximum absolute atomic E-state index is 10.0. The van der Waals surface area contributed by atoms with Gasteiger partial charge in [0.1, 0.15) is 6.10 Å². The predicted octanol–water partition coefficient (Wildman–Crippen LogP) is 2.52. The van der Waals surface area contributed by atoms with Gasteiger partial charge in [0.2, 0.25) is 0 Å². The molecule has 3 heteroatoms. The first-order chi connectivity index (χ1) is 8.86. The van der Waals surface area contributed by atoms with Gasteiger partial charge in [-0.05, 0) is 18.4 Å². The molecule has 3 nitrogen and oxygen atoms in total. The molecular weight excluding hydrogens is 228 g/mol. The smallest absolute Gasteiger partial charge is 0.103 e. The molecule has 2 rings (SSSR count). The minimum Gasteiger partial charge on any atom is -0.388 e. The standard InChI is InChI=1S/C15H22O3/c16-14(15-9-5-2-6-10-18-15)12-17-11-13-7-3-1-4-8-13/h1,3-4,7-8,14-16H,2,5-6,9-12H2/t14-,15-/m1/s1. The highest BCUT2D eigenvalue weighted by atomic mass is 16.5. The summed E-state index contributed by atoms with van der Waals surface area (Å²) in [6, 6.07) is 10.0. The zero-order valence-electron chi connectivity index (χ0n) is 10.8. The van der Waals surface area contributed by atoms with Crippen LogP contribution in [0.25, 0.3) is 0 Å². The Morgan fingerprint density at radius 2 is 2.06 bits per heavy atom. The van der Waals surface area contributed by atoms with Crippen molar-refractivity contribution in [1.82, 2.24) is 0 Å². The van der Waals surface area contributed by atoms with Crippen LogP contribution >= 0.6 is 0 Å². The molecular formula is C15H22O3. The average Bonchev–Trinajstić information content (AvgIpc) is 2.69. The Labute approximate surface area is 109 Å². The molecule has 0 spiro atoms. The molecule has 18 heavy (non-hydrogen) atoms. The van der Waals surface area contributed by atoms with Gasteiger partial charge in [-0.1, -0.05) is 43.2 Å². The zero-order valence-corrected chi connectivity index (χ0v) is 10.8. The largest absolute Gasteiger partial charge is 0.388 e. The van der Waals surface area contributed by atoms with Gasteiger partial charge in [-0.15, -0.1) is 0 Å². The van der Waals surface area contributed by atoms with Crippen LogP contribution in [0.4, 0.5) is 0 Å². The van der Waals surface area contributed by atoms with E-state index in [1.165, 1.54) is 6.42 Å². The van der Waals surface area contributed by atoms with Crippen LogP contribution in [-0.2, 0) is 16.1 Å². The molecule has 0 bridgehead atoms. The lowest BCUT2D eigenvalue weighted by Gasteiger charge is -2.21. The summed E-state index contributed by atoms with van der Waals surface area (Å²) in [7, 11) is 0. The lowest BCUT2D eigenvalue weighted by atomic mass is 10.1. The summed E-state index contributed by atoms with van der Waals surface area (Å²) in [6.45, 7) is 1.66. The maximum atomic E-state index is 10.0. The topological polar surface area (TPSA) is 38.7 Å². The second-order valence-electron chi connectivity index (χ2n) is 4.83. The van der Waals surface area contributed by atoms with Gasteiger partial charge in [0.25, 0.3) is 0 Å². The van der Waals surface area contributed by atoms with E-state index < -0.39 is 6.10 Å². The van der Waals surface area contributed by atoms with Gasteiger partial charge in [-0.2, -0.15) is 0 Å². The third-order valence-corrected chi connectivity index (χ3v) is 3.29. The van der Waals surface area contributed by atoms with Gasteiger partial charge in [-0.3, -0.25) is 0 Å². The fourth-order valence-corrected chi connectivity index (χ4v) is 2.22. The van der Waals surface area contributed by atoms with Gasteiger partial charge < -0.3 is 14.6 Å². The molecule has 1 aromatic carbocycles. The van der Waals surface area contributed by atoms with Gasteiger partial charge in [0.05, 0.1) is 19.3 Å². The maximum Gasteiger partial charge on any atom is 0.103 e. The summed E-state index contributed by atoms with van der Waals surface area (Å²) in [6.07, 6.45) is 3.83. The second kappa shape index (κ2) is 7.52. The van der Waals surface area contributed by atoms with E-state index in [0.29, 0.717) is 13.2 Å². The number of hydrogen-bond acceptors (Lipinski definition) is 3. The molecule has 0 radical (unpaired) electrons. The number of benzene rings is 1. The summed E-state index contributed by atoms with van der Waals surface area (Å²) >= 11 is 0. The van der Waals surface area contributed by atoms with Crippen molar-refractivity contribution in [3.63, 3.8) is 0 Å². The normalized spacial score (nSPS) is 22.4. The van der Waals surface area contributed by atoms with Crippen molar-refractivity contribution >= 4 is 0 Å². The van der Waals surface area contributed by atoms with Crippen LogP contribution in [0.2, 0.25) is 0 Å². The summed E-state index contributed by atoms with van der Waals surface area (Å²) in [5.41, 5.74) is 1.13. The summed E-state index contributed by atoms with van der Waals surface area (Å²) in [4.78, 5) is 0. The van der Waals surface area contributed by atoms with Crippen molar-refractivity contribution in [3.8, 4) is 0 Å². The fourth-order valence-electron chi connectivity index (χ4n) is 2.22. The van der Waals surface area contributed by atoms with Crippen molar-refractivity contribution in [2.24, 2.45) is 0 Å². The molecule has 1 fully saturated rings. The van der Waals surface area contributed by atoms with Gasteiger partial charge in [0, 0.05) is 6.61 Å². The molecule has 0 saturated carbocycles. The molecule has 2 atom stereocenters. The lowest BCUT2D eigenvalue weighted by Crippen LogP contribution is -2.32. The Morgan fingerprint density at radius 1 is 1.22 bits per heavy atom. The highest BCUT2D eigenvalue weighted by Gasteiger charge is 2.21. The van der Waals surface area contributed by atoms with Crippen LogP contribution in [0, 0.1) is 0 Å². The van der Waals surface area contributed by atoms with Crippen LogP contribution in [-0.4, -0.2) is 30.5 Å². The SMILES string of the molecule is O[C@H](COCc1ccccc1)[C@H]1CCCCCO1. The minimum atomic E-state index is -0.508. The first kappa shape index (κ1) is 13.5. The molecule has 1 aliphatic rings. The van der Waals surface area contributed by atoms with Crippen molar-refractivity contribution in [2.75, 3.05) is 13.2 Å². The third kappa shape index (κ3) is 4.41. The van der Waals surface area contributed by atoms with E-state index >= 15 is 0 Å². The first-order valence-corrected chi connectivity index (χ1v) is 6.77. The average molecular weight is 250 g/mol. The quantitative estimate of drug-likeness (QED) is 0.872. The van der Waals surface area contributed by atoms with Gasteiger partial charge >= 0.3 is 0 Å². The van der Waals surface area contributed by atoms with E-state index in [-0.39, 0.29) is 6.10 Å². The van der Waals surface area contributed by atoms with Crippen LogP contribution in [0.5, 0.6) is 0 Å². The number of hydrogen-bond donors (Lipinski definition) is 1. The Morgan fingerprint density at radius 3 is 2.89 bits per heavy atom. The molecule has 0 unspecified atom stereocenters. The molecule has 1 aliphatic heterocycles. The lowest BCUT2D eigenvalue weighted by molar-refractivity contribution is -0.0729.